The summed E-state index contributed by atoms with van der Waals surface area (Å²) >= 11 is 0. The molecule has 4 heterocycles. The number of rotatable bonds is 6. The van der Waals surface area contributed by atoms with E-state index in [0.717, 1.165) is 5.56 Å². The van der Waals surface area contributed by atoms with E-state index in [1.807, 2.05) is 6.07 Å². The van der Waals surface area contributed by atoms with Gasteiger partial charge in [-0.3, -0.25) is 4.90 Å². The molecule has 1 aliphatic heterocycles. The lowest BCUT2D eigenvalue weighted by molar-refractivity contribution is 0.00582. The maximum absolute atomic E-state index is 14.3. The minimum Gasteiger partial charge on any atom is -0.479 e. The third-order valence-corrected chi connectivity index (χ3v) is 6.03. The maximum atomic E-state index is 14.3. The van der Waals surface area contributed by atoms with E-state index in [1.54, 1.807) is 38.4 Å². The molecule has 4 aromatic rings. The van der Waals surface area contributed by atoms with E-state index in [0.29, 0.717) is 27.9 Å². The van der Waals surface area contributed by atoms with Crippen molar-refractivity contribution in [3.8, 4) is 17.0 Å². The van der Waals surface area contributed by atoms with E-state index in [4.69, 9.17) is 4.74 Å². The van der Waals surface area contributed by atoms with Crippen LogP contribution in [-0.4, -0.2) is 74.7 Å². The molecule has 5 rings (SSSR count). The Labute approximate surface area is 192 Å². The van der Waals surface area contributed by atoms with Crippen LogP contribution in [0.25, 0.3) is 27.7 Å². The highest BCUT2D eigenvalue weighted by Crippen LogP contribution is 2.34. The summed E-state index contributed by atoms with van der Waals surface area (Å²) in [6.45, 7) is 1.04. The molecule has 1 aromatic carbocycles. The Morgan fingerprint density at radius 2 is 2.03 bits per heavy atom. The fourth-order valence-electron chi connectivity index (χ4n) is 4.49. The first kappa shape index (κ1) is 22.4. The number of anilines is 1. The summed E-state index contributed by atoms with van der Waals surface area (Å²) in [7, 11) is 3.06. The van der Waals surface area contributed by atoms with E-state index >= 15 is 0 Å². The van der Waals surface area contributed by atoms with E-state index < -0.39 is 24.9 Å². The lowest BCUT2D eigenvalue weighted by atomic mass is 10.1. The molecule has 34 heavy (non-hydrogen) atoms. The molecule has 12 heteroatoms. The number of benzene rings is 1. The Bertz CT molecular complexity index is 1370. The smallest absolute Gasteiger partial charge is 0.281 e. The summed E-state index contributed by atoms with van der Waals surface area (Å²) in [6.07, 6.45) is -0.841. The normalized spacial score (nSPS) is 18.4. The van der Waals surface area contributed by atoms with Gasteiger partial charge in [0, 0.05) is 18.3 Å². The number of halogens is 4. The van der Waals surface area contributed by atoms with E-state index in [-0.39, 0.29) is 24.9 Å². The minimum atomic E-state index is -2.92. The molecule has 0 aliphatic carbocycles. The summed E-state index contributed by atoms with van der Waals surface area (Å²) in [6, 6.07) is 6.04. The first-order valence-corrected chi connectivity index (χ1v) is 10.7. The number of likely N-dealkylation sites (N-methyl/N-ethyl adjacent to an activating group) is 1. The summed E-state index contributed by atoms with van der Waals surface area (Å²) in [5.41, 5.74) is 3.16. The molecule has 180 valence electrons. The Balaban J connectivity index is 1.56. The summed E-state index contributed by atoms with van der Waals surface area (Å²) in [5, 5.41) is 7.09. The maximum Gasteiger partial charge on any atom is 0.281 e. The van der Waals surface area contributed by atoms with Crippen molar-refractivity contribution in [1.29, 1.82) is 0 Å². The standard InChI is InChI=1S/C22H23F4N7O/c1-12-27-15-5-4-13(8-16(15)32(12)10-18(23)24)14-6-7-33-19(14)20(34-3)29-21(30-33)28-17-9-31(2)11-22(17,25)26/h4-8,17-18H,9-11H2,1-3H3,(H,28,30)/t17-/m1/s1. The van der Waals surface area contributed by atoms with Gasteiger partial charge in [0.25, 0.3) is 12.3 Å². The summed E-state index contributed by atoms with van der Waals surface area (Å²) in [5.74, 6) is -2.20. The molecule has 3 aromatic heterocycles. The van der Waals surface area contributed by atoms with E-state index in [1.165, 1.54) is 21.1 Å². The minimum absolute atomic E-state index is 0.0209. The van der Waals surface area contributed by atoms with Crippen LogP contribution >= 0.6 is 0 Å². The van der Waals surface area contributed by atoms with Crippen LogP contribution in [0, 0.1) is 6.92 Å². The average Bonchev–Trinajstić information content (AvgIpc) is 3.40. The highest BCUT2D eigenvalue weighted by atomic mass is 19.3. The zero-order chi connectivity index (χ0) is 24.2. The predicted molar refractivity (Wildman–Crippen MR) is 119 cm³/mol. The van der Waals surface area contributed by atoms with Gasteiger partial charge in [-0.05, 0) is 37.7 Å². The molecule has 0 spiro atoms. The van der Waals surface area contributed by atoms with Crippen LogP contribution in [0.2, 0.25) is 0 Å². The second-order valence-corrected chi connectivity index (χ2v) is 8.49. The highest BCUT2D eigenvalue weighted by Gasteiger charge is 2.47. The van der Waals surface area contributed by atoms with Gasteiger partial charge in [-0.25, -0.2) is 27.1 Å². The zero-order valence-electron chi connectivity index (χ0n) is 18.8. The first-order chi connectivity index (χ1) is 16.2. The van der Waals surface area contributed by atoms with Crippen molar-refractivity contribution < 1.29 is 22.3 Å². The zero-order valence-corrected chi connectivity index (χ0v) is 18.8. The number of imidazole rings is 1. The molecule has 1 N–H and O–H groups in total. The molecule has 8 nitrogen and oxygen atoms in total. The van der Waals surface area contributed by atoms with Crippen LogP contribution in [0.4, 0.5) is 23.5 Å². The van der Waals surface area contributed by atoms with Gasteiger partial charge >= 0.3 is 0 Å². The van der Waals surface area contributed by atoms with Gasteiger partial charge in [-0.1, -0.05) is 6.07 Å². The lowest BCUT2D eigenvalue weighted by Gasteiger charge is -2.19. The van der Waals surface area contributed by atoms with Crippen LogP contribution in [0.5, 0.6) is 5.88 Å². The van der Waals surface area contributed by atoms with Crippen LogP contribution < -0.4 is 10.1 Å². The second-order valence-electron chi connectivity index (χ2n) is 8.49. The second kappa shape index (κ2) is 8.12. The quantitative estimate of drug-likeness (QED) is 0.427. The van der Waals surface area contributed by atoms with Gasteiger partial charge in [-0.15, -0.1) is 5.10 Å². The first-order valence-electron chi connectivity index (χ1n) is 10.7. The third-order valence-electron chi connectivity index (χ3n) is 6.03. The fraction of sp³-hybridized carbons (Fsp3) is 0.409. The number of alkyl halides is 4. The van der Waals surface area contributed by atoms with Gasteiger partial charge in [0.2, 0.25) is 11.8 Å². The van der Waals surface area contributed by atoms with E-state index in [2.05, 4.69) is 20.4 Å². The fourth-order valence-corrected chi connectivity index (χ4v) is 4.49. The highest BCUT2D eigenvalue weighted by molar-refractivity contribution is 5.89. The number of hydrogen-bond acceptors (Lipinski definition) is 6. The van der Waals surface area contributed by atoms with Crippen LogP contribution in [-0.2, 0) is 6.54 Å². The summed E-state index contributed by atoms with van der Waals surface area (Å²) in [4.78, 5) is 10.2. The molecular weight excluding hydrogens is 454 g/mol. The number of likely N-dealkylation sites (tertiary alicyclic amines) is 1. The lowest BCUT2D eigenvalue weighted by Crippen LogP contribution is -2.38. The monoisotopic (exact) mass is 477 g/mol. The molecule has 0 radical (unpaired) electrons. The van der Waals surface area contributed by atoms with Gasteiger partial charge < -0.3 is 14.6 Å². The number of aromatic nitrogens is 5. The van der Waals surface area contributed by atoms with Crippen molar-refractivity contribution in [2.45, 2.75) is 31.9 Å². The number of ether oxygens (including phenoxy) is 1. The Morgan fingerprint density at radius 3 is 2.71 bits per heavy atom. The van der Waals surface area contributed by atoms with Crippen molar-refractivity contribution in [3.63, 3.8) is 0 Å². The largest absolute Gasteiger partial charge is 0.479 e. The molecular formula is C22H23F4N7O. The molecule has 0 amide bonds. The third kappa shape index (κ3) is 3.81. The number of nitrogens with zero attached hydrogens (tertiary/aromatic N) is 6. The van der Waals surface area contributed by atoms with Crippen LogP contribution in [0.3, 0.4) is 0 Å². The number of fused-ring (bicyclic) bond motifs is 2. The number of methoxy groups -OCH3 is 1. The Morgan fingerprint density at radius 1 is 1.24 bits per heavy atom. The topological polar surface area (TPSA) is 72.5 Å². The molecule has 0 unspecified atom stereocenters. The SMILES string of the molecule is COc1nc(N[C@@H]2CN(C)CC2(F)F)nn2ccc(-c3ccc4nc(C)n(CC(F)F)c4c3)c12. The van der Waals surface area contributed by atoms with Crippen LogP contribution in [0.1, 0.15) is 5.82 Å². The molecule has 0 saturated carbocycles. The molecule has 1 saturated heterocycles. The van der Waals surface area contributed by atoms with Gasteiger partial charge in [0.05, 0.1) is 31.2 Å². The average molecular weight is 477 g/mol. The number of nitrogens with one attached hydrogen (secondary N) is 1. The Hall–Kier alpha value is -3.41. The molecule has 1 fully saturated rings. The number of aryl methyl sites for hydroxylation is 1. The van der Waals surface area contributed by atoms with Crippen LogP contribution in [0.15, 0.2) is 30.5 Å². The van der Waals surface area contributed by atoms with Crippen molar-refractivity contribution in [2.75, 3.05) is 32.6 Å². The molecule has 0 bridgehead atoms. The predicted octanol–water partition coefficient (Wildman–Crippen LogP) is 3.69. The van der Waals surface area contributed by atoms with Crippen molar-refractivity contribution in [3.05, 3.63) is 36.3 Å². The van der Waals surface area contributed by atoms with E-state index in [9.17, 15) is 17.6 Å². The molecule has 1 aliphatic rings. The van der Waals surface area contributed by atoms with Gasteiger partial charge in [0.15, 0.2) is 0 Å². The Kier molecular flexibility index (Phi) is 5.34. The van der Waals surface area contributed by atoms with Crippen molar-refractivity contribution in [1.82, 2.24) is 29.0 Å². The van der Waals surface area contributed by atoms with Gasteiger partial charge in [0.1, 0.15) is 17.4 Å². The van der Waals surface area contributed by atoms with Crippen molar-refractivity contribution in [2.24, 2.45) is 0 Å². The van der Waals surface area contributed by atoms with Crippen molar-refractivity contribution >= 4 is 22.5 Å². The number of hydrogen-bond donors (Lipinski definition) is 1. The van der Waals surface area contributed by atoms with Gasteiger partial charge in [-0.2, -0.15) is 4.98 Å². The summed E-state index contributed by atoms with van der Waals surface area (Å²) < 4.78 is 63.2. The molecule has 1 atom stereocenters.